The van der Waals surface area contributed by atoms with Crippen LogP contribution in [0.2, 0.25) is 0 Å². The summed E-state index contributed by atoms with van der Waals surface area (Å²) in [7, 11) is 0. The number of aryl methyl sites for hydroxylation is 1. The minimum absolute atomic E-state index is 0.709. The molecule has 0 aliphatic heterocycles. The molecule has 0 fully saturated rings. The third kappa shape index (κ3) is 1.77. The van der Waals surface area contributed by atoms with Crippen molar-refractivity contribution in [1.29, 1.82) is 0 Å². The number of nitrogens with one attached hydrogen (secondary N) is 1. The molecule has 79 valence electrons. The van der Waals surface area contributed by atoms with Gasteiger partial charge in [0.2, 0.25) is 0 Å². The average Bonchev–Trinajstić information content (AvgIpc) is 2.57. The highest BCUT2D eigenvalue weighted by Crippen LogP contribution is 2.27. The van der Waals surface area contributed by atoms with Gasteiger partial charge in [-0.15, -0.1) is 0 Å². The van der Waals surface area contributed by atoms with Crippen LogP contribution in [0.4, 0.5) is 0 Å². The molecular weight excluding hydrogens is 184 g/mol. The van der Waals surface area contributed by atoms with Crippen LogP contribution in [0.3, 0.4) is 0 Å². The van der Waals surface area contributed by atoms with E-state index in [0.29, 0.717) is 6.54 Å². The molecule has 2 aromatic rings. The number of aromatic nitrogens is 1. The number of aromatic amines is 1. The molecule has 1 aromatic heterocycles. The van der Waals surface area contributed by atoms with Crippen LogP contribution in [0.1, 0.15) is 24.6 Å². The second-order valence-corrected chi connectivity index (χ2v) is 3.99. The van der Waals surface area contributed by atoms with Gasteiger partial charge in [-0.2, -0.15) is 0 Å². The van der Waals surface area contributed by atoms with E-state index in [1.54, 1.807) is 0 Å². The zero-order valence-corrected chi connectivity index (χ0v) is 9.30. The largest absolute Gasteiger partial charge is 0.358 e. The summed E-state index contributed by atoms with van der Waals surface area (Å²) in [5.74, 6) is 1.34. The van der Waals surface area contributed by atoms with Gasteiger partial charge >= 0.3 is 0 Å². The average molecular weight is 201 g/mol. The van der Waals surface area contributed by atoms with Gasteiger partial charge in [0.05, 0.1) is 0 Å². The number of fused-ring (bicyclic) bond motifs is 1. The van der Waals surface area contributed by atoms with E-state index in [1.807, 2.05) is 0 Å². The monoisotopic (exact) mass is 201 g/mol. The summed E-state index contributed by atoms with van der Waals surface area (Å²) in [6, 6.07) is 8.40. The van der Waals surface area contributed by atoms with Crippen molar-refractivity contribution < 1.29 is 0 Å². The fraction of sp³-hybridized carbons (Fsp3) is 0.308. The molecule has 3 N–H and O–H groups in total. The van der Waals surface area contributed by atoms with E-state index in [9.17, 15) is 0 Å². The van der Waals surface area contributed by atoms with Gasteiger partial charge in [-0.25, -0.2) is 0 Å². The first kappa shape index (κ1) is 10.2. The van der Waals surface area contributed by atoms with E-state index in [4.69, 9.17) is 5.73 Å². The summed E-state index contributed by atoms with van der Waals surface area (Å²) in [5.41, 5.74) is 9.37. The van der Waals surface area contributed by atoms with Gasteiger partial charge in [-0.3, -0.25) is 0 Å². The number of rotatable bonds is 3. The highest BCUT2D eigenvalue weighted by atomic mass is 14.7. The van der Waals surface area contributed by atoms with Crippen molar-refractivity contribution in [2.24, 2.45) is 5.73 Å². The Morgan fingerprint density at radius 2 is 2.07 bits per heavy atom. The minimum atomic E-state index is 0.709. The normalized spacial score (nSPS) is 11.5. The van der Waals surface area contributed by atoms with Crippen LogP contribution >= 0.6 is 0 Å². The first-order valence-electron chi connectivity index (χ1n) is 5.34. The number of H-pyrrole nitrogens is 1. The molecule has 0 bridgehead atoms. The lowest BCUT2D eigenvalue weighted by Crippen LogP contribution is -2.06. The topological polar surface area (TPSA) is 41.8 Å². The van der Waals surface area contributed by atoms with Crippen LogP contribution in [0.15, 0.2) is 24.3 Å². The Morgan fingerprint density at radius 3 is 2.73 bits per heavy atom. The van der Waals surface area contributed by atoms with E-state index in [1.165, 1.54) is 28.1 Å². The number of hydrogen-bond acceptors (Lipinski definition) is 1. The highest BCUT2D eigenvalue weighted by molar-refractivity contribution is 5.85. The predicted octanol–water partition coefficient (Wildman–Crippen LogP) is 2.77. The van der Waals surface area contributed by atoms with Crippen molar-refractivity contribution >= 4 is 10.9 Å². The number of nitrogens with two attached hydrogens (primary N) is 1. The molecule has 0 atom stereocenters. The maximum absolute atomic E-state index is 5.58. The van der Waals surface area contributed by atoms with Crippen molar-refractivity contribution in [2.75, 3.05) is 6.54 Å². The zero-order chi connectivity index (χ0) is 10.8. The van der Waals surface area contributed by atoms with Crippen molar-refractivity contribution in [3.8, 4) is 0 Å². The number of para-hydroxylation sites is 1. The van der Waals surface area contributed by atoms with Crippen LogP contribution in [0, 0.1) is 12.8 Å². The fourth-order valence-electron chi connectivity index (χ4n) is 2.05. The second kappa shape index (κ2) is 4.07. The van der Waals surface area contributed by atoms with Crippen LogP contribution in [-0.2, 0) is 0 Å². The lowest BCUT2D eigenvalue weighted by atomic mass is 10.00. The number of benzene rings is 1. The van der Waals surface area contributed by atoms with Crippen LogP contribution in [-0.4, -0.2) is 11.5 Å². The molecular formula is C13H17N2. The standard InChI is InChI=1S/C13H17N2/c1-9(7-8-14)13-10(2)11-5-3-4-6-12(11)15-13/h3-6,15H,7-8,14H2,1-2H3. The van der Waals surface area contributed by atoms with Crippen LogP contribution < -0.4 is 5.73 Å². The van der Waals surface area contributed by atoms with Crippen LogP contribution in [0.25, 0.3) is 10.9 Å². The Hall–Kier alpha value is -1.28. The lowest BCUT2D eigenvalue weighted by molar-refractivity contribution is 0.848. The SMILES string of the molecule is C[C](CCN)c1[nH]c2ccccc2c1C. The van der Waals surface area contributed by atoms with Gasteiger partial charge in [0, 0.05) is 22.5 Å². The molecule has 2 nitrogen and oxygen atoms in total. The molecule has 0 saturated carbocycles. The van der Waals surface area contributed by atoms with Crippen molar-refractivity contribution in [1.82, 2.24) is 4.98 Å². The van der Waals surface area contributed by atoms with Gasteiger partial charge in [-0.05, 0) is 31.5 Å². The predicted molar refractivity (Wildman–Crippen MR) is 64.7 cm³/mol. The Labute approximate surface area is 90.5 Å². The molecule has 0 unspecified atom stereocenters. The first-order valence-corrected chi connectivity index (χ1v) is 5.34. The van der Waals surface area contributed by atoms with E-state index in [-0.39, 0.29) is 0 Å². The van der Waals surface area contributed by atoms with E-state index >= 15 is 0 Å². The summed E-state index contributed by atoms with van der Waals surface area (Å²) in [6.45, 7) is 5.01. The lowest BCUT2D eigenvalue weighted by Gasteiger charge is -2.08. The summed E-state index contributed by atoms with van der Waals surface area (Å²) < 4.78 is 0. The summed E-state index contributed by atoms with van der Waals surface area (Å²) in [4.78, 5) is 3.46. The third-order valence-corrected chi connectivity index (χ3v) is 2.91. The third-order valence-electron chi connectivity index (χ3n) is 2.91. The first-order chi connectivity index (χ1) is 7.24. The highest BCUT2D eigenvalue weighted by Gasteiger charge is 2.12. The summed E-state index contributed by atoms with van der Waals surface area (Å²) >= 11 is 0. The van der Waals surface area contributed by atoms with Gasteiger partial charge < -0.3 is 10.7 Å². The molecule has 1 radical (unpaired) electrons. The molecule has 0 amide bonds. The molecule has 0 aliphatic rings. The van der Waals surface area contributed by atoms with Crippen LogP contribution in [0.5, 0.6) is 0 Å². The molecule has 0 spiro atoms. The maximum Gasteiger partial charge on any atom is 0.0459 e. The Kier molecular flexibility index (Phi) is 2.78. The van der Waals surface area contributed by atoms with Gasteiger partial charge in [-0.1, -0.05) is 25.1 Å². The van der Waals surface area contributed by atoms with Crippen molar-refractivity contribution in [3.63, 3.8) is 0 Å². The maximum atomic E-state index is 5.58. The molecule has 15 heavy (non-hydrogen) atoms. The van der Waals surface area contributed by atoms with Gasteiger partial charge in [0.1, 0.15) is 0 Å². The van der Waals surface area contributed by atoms with Gasteiger partial charge in [0.25, 0.3) is 0 Å². The van der Waals surface area contributed by atoms with E-state index < -0.39 is 0 Å². The van der Waals surface area contributed by atoms with E-state index in [2.05, 4.69) is 43.1 Å². The molecule has 1 aromatic carbocycles. The number of hydrogen-bond donors (Lipinski definition) is 2. The quantitative estimate of drug-likeness (QED) is 0.787. The molecule has 2 heteroatoms. The second-order valence-electron chi connectivity index (χ2n) is 3.99. The molecule has 1 heterocycles. The summed E-state index contributed by atoms with van der Waals surface area (Å²) in [5, 5.41) is 1.31. The Balaban J connectivity index is 2.48. The fourth-order valence-corrected chi connectivity index (χ4v) is 2.05. The van der Waals surface area contributed by atoms with E-state index in [0.717, 1.165) is 6.42 Å². The molecule has 0 saturated heterocycles. The molecule has 0 aliphatic carbocycles. The Bertz CT molecular complexity index is 457. The summed E-state index contributed by atoms with van der Waals surface area (Å²) in [6.07, 6.45) is 0.952. The van der Waals surface area contributed by atoms with Gasteiger partial charge in [0.15, 0.2) is 0 Å². The Morgan fingerprint density at radius 1 is 1.33 bits per heavy atom. The zero-order valence-electron chi connectivity index (χ0n) is 9.30. The van der Waals surface area contributed by atoms with Crippen molar-refractivity contribution in [3.05, 3.63) is 41.4 Å². The minimum Gasteiger partial charge on any atom is -0.358 e. The molecule has 2 rings (SSSR count). The smallest absolute Gasteiger partial charge is 0.0459 e. The van der Waals surface area contributed by atoms with Crippen molar-refractivity contribution in [2.45, 2.75) is 20.3 Å².